The van der Waals surface area contributed by atoms with E-state index < -0.39 is 30.2 Å². The zero-order valence-corrected chi connectivity index (χ0v) is 18.9. The van der Waals surface area contributed by atoms with E-state index in [4.69, 9.17) is 18.9 Å². The molecule has 3 rings (SSSR count). The van der Waals surface area contributed by atoms with Gasteiger partial charge in [-0.15, -0.1) is 0 Å². The third-order valence-corrected chi connectivity index (χ3v) is 5.42. The number of rotatable bonds is 8. The summed E-state index contributed by atoms with van der Waals surface area (Å²) in [5.41, 5.74) is 1.21. The molecule has 0 unspecified atom stereocenters. The zero-order chi connectivity index (χ0) is 23.6. The number of piperidine rings is 1. The second-order valence-electron chi connectivity index (χ2n) is 7.62. The fourth-order valence-electron chi connectivity index (χ4n) is 3.75. The van der Waals surface area contributed by atoms with Gasteiger partial charge in [0.25, 0.3) is 0 Å². The molecule has 0 aliphatic carbocycles. The van der Waals surface area contributed by atoms with E-state index in [9.17, 15) is 14.4 Å². The molecular weight excluding hydrogens is 426 g/mol. The summed E-state index contributed by atoms with van der Waals surface area (Å²) in [5, 5.41) is 0. The summed E-state index contributed by atoms with van der Waals surface area (Å²) in [4.78, 5) is 39.4. The molecule has 2 aromatic carbocycles. The standard InChI is InChI=1S/C25H29NO7/c1-3-31-23(27)16-21-22(33-24(28)19-11-13-20(30-2)14-12-19)10-7-15-26(21)25(29)32-17-18-8-5-4-6-9-18/h4-6,8-9,11-14,21-22H,3,7,10,15-17H2,1-2H3/t21-,22+/m0/s1. The molecule has 8 heteroatoms. The van der Waals surface area contributed by atoms with Crippen molar-refractivity contribution in [2.24, 2.45) is 0 Å². The smallest absolute Gasteiger partial charge is 0.410 e. The lowest BCUT2D eigenvalue weighted by Crippen LogP contribution is -2.53. The summed E-state index contributed by atoms with van der Waals surface area (Å²) >= 11 is 0. The van der Waals surface area contributed by atoms with Crippen LogP contribution in [0.2, 0.25) is 0 Å². The van der Waals surface area contributed by atoms with Gasteiger partial charge in [-0.3, -0.25) is 4.79 Å². The highest BCUT2D eigenvalue weighted by molar-refractivity contribution is 5.89. The topological polar surface area (TPSA) is 91.4 Å². The first kappa shape index (κ1) is 24.1. The van der Waals surface area contributed by atoms with Crippen molar-refractivity contribution in [2.45, 2.75) is 44.9 Å². The van der Waals surface area contributed by atoms with E-state index in [1.54, 1.807) is 38.3 Å². The Bertz CT molecular complexity index is 930. The van der Waals surface area contributed by atoms with Crippen LogP contribution in [0.15, 0.2) is 54.6 Å². The third-order valence-electron chi connectivity index (χ3n) is 5.42. The number of methoxy groups -OCH3 is 1. The molecule has 8 nitrogen and oxygen atoms in total. The molecule has 2 aromatic rings. The van der Waals surface area contributed by atoms with Crippen molar-refractivity contribution in [2.75, 3.05) is 20.3 Å². The predicted molar refractivity (Wildman–Crippen MR) is 120 cm³/mol. The summed E-state index contributed by atoms with van der Waals surface area (Å²) in [7, 11) is 1.54. The Morgan fingerprint density at radius 1 is 1.00 bits per heavy atom. The number of esters is 2. The molecule has 1 aliphatic heterocycles. The Morgan fingerprint density at radius 2 is 1.73 bits per heavy atom. The number of benzene rings is 2. The number of nitrogens with zero attached hydrogens (tertiary/aromatic N) is 1. The van der Waals surface area contributed by atoms with Gasteiger partial charge in [-0.25, -0.2) is 9.59 Å². The molecule has 0 aromatic heterocycles. The number of carbonyl (C=O) groups excluding carboxylic acids is 3. The van der Waals surface area contributed by atoms with Gasteiger partial charge in [0.15, 0.2) is 0 Å². The first-order chi connectivity index (χ1) is 16.0. The molecule has 1 amide bonds. The van der Waals surface area contributed by atoms with Crippen molar-refractivity contribution < 1.29 is 33.3 Å². The minimum atomic E-state index is -0.678. The van der Waals surface area contributed by atoms with Crippen LogP contribution in [0.1, 0.15) is 42.1 Å². The molecule has 1 fully saturated rings. The minimum Gasteiger partial charge on any atom is -0.497 e. The molecule has 0 N–H and O–H groups in total. The fourth-order valence-corrected chi connectivity index (χ4v) is 3.75. The molecule has 0 saturated carbocycles. The molecule has 0 radical (unpaired) electrons. The molecule has 1 heterocycles. The molecule has 33 heavy (non-hydrogen) atoms. The van der Waals surface area contributed by atoms with Gasteiger partial charge in [-0.1, -0.05) is 30.3 Å². The van der Waals surface area contributed by atoms with Gasteiger partial charge in [0, 0.05) is 6.54 Å². The Morgan fingerprint density at radius 3 is 2.39 bits per heavy atom. The van der Waals surface area contributed by atoms with Gasteiger partial charge in [-0.05, 0) is 49.6 Å². The SMILES string of the molecule is CCOC(=O)C[C@H]1[C@H](OC(=O)c2ccc(OC)cc2)CCCN1C(=O)OCc1ccccc1. The van der Waals surface area contributed by atoms with E-state index in [2.05, 4.69) is 0 Å². The minimum absolute atomic E-state index is 0.0885. The van der Waals surface area contributed by atoms with Crippen LogP contribution in [0.5, 0.6) is 5.75 Å². The molecule has 0 bridgehead atoms. The van der Waals surface area contributed by atoms with Crippen LogP contribution in [-0.4, -0.2) is 55.3 Å². The maximum absolute atomic E-state index is 12.9. The van der Waals surface area contributed by atoms with Crippen LogP contribution in [0.25, 0.3) is 0 Å². The predicted octanol–water partition coefficient (Wildman–Crippen LogP) is 3.98. The van der Waals surface area contributed by atoms with Crippen LogP contribution in [0, 0.1) is 0 Å². The van der Waals surface area contributed by atoms with Gasteiger partial charge >= 0.3 is 18.0 Å². The van der Waals surface area contributed by atoms with Gasteiger partial charge in [-0.2, -0.15) is 0 Å². The van der Waals surface area contributed by atoms with Crippen LogP contribution in [0.4, 0.5) is 4.79 Å². The van der Waals surface area contributed by atoms with Crippen molar-refractivity contribution in [1.29, 1.82) is 0 Å². The molecule has 0 spiro atoms. The second-order valence-corrected chi connectivity index (χ2v) is 7.62. The average molecular weight is 456 g/mol. The Balaban J connectivity index is 1.72. The first-order valence-electron chi connectivity index (χ1n) is 11.0. The van der Waals surface area contributed by atoms with E-state index in [1.807, 2.05) is 30.3 Å². The van der Waals surface area contributed by atoms with Crippen molar-refractivity contribution in [3.63, 3.8) is 0 Å². The van der Waals surface area contributed by atoms with E-state index in [-0.39, 0.29) is 19.6 Å². The lowest BCUT2D eigenvalue weighted by Gasteiger charge is -2.39. The largest absolute Gasteiger partial charge is 0.497 e. The number of carbonyl (C=O) groups is 3. The number of hydrogen-bond acceptors (Lipinski definition) is 7. The van der Waals surface area contributed by atoms with Crippen LogP contribution >= 0.6 is 0 Å². The summed E-state index contributed by atoms with van der Waals surface area (Å²) < 4.78 is 21.4. The zero-order valence-electron chi connectivity index (χ0n) is 18.9. The van der Waals surface area contributed by atoms with Crippen molar-refractivity contribution >= 4 is 18.0 Å². The Labute approximate surface area is 193 Å². The van der Waals surface area contributed by atoms with Gasteiger partial charge in [0.2, 0.25) is 0 Å². The summed E-state index contributed by atoms with van der Waals surface area (Å²) in [6.45, 7) is 2.44. The highest BCUT2D eigenvalue weighted by atomic mass is 16.6. The number of amides is 1. The number of ether oxygens (including phenoxy) is 4. The average Bonchev–Trinajstić information content (AvgIpc) is 2.84. The fraction of sp³-hybridized carbons (Fsp3) is 0.400. The molecular formula is C25H29NO7. The second kappa shape index (κ2) is 11.9. The van der Waals surface area contributed by atoms with Crippen LogP contribution in [-0.2, 0) is 25.6 Å². The van der Waals surface area contributed by atoms with Crippen molar-refractivity contribution in [3.05, 3.63) is 65.7 Å². The van der Waals surface area contributed by atoms with E-state index in [1.165, 1.54) is 4.90 Å². The van der Waals surface area contributed by atoms with E-state index in [0.717, 1.165) is 5.56 Å². The highest BCUT2D eigenvalue weighted by Gasteiger charge is 2.39. The highest BCUT2D eigenvalue weighted by Crippen LogP contribution is 2.26. The Kier molecular flexibility index (Phi) is 8.69. The van der Waals surface area contributed by atoms with Crippen LogP contribution < -0.4 is 4.74 Å². The van der Waals surface area contributed by atoms with Gasteiger partial charge < -0.3 is 23.8 Å². The lowest BCUT2D eigenvalue weighted by atomic mass is 9.96. The summed E-state index contributed by atoms with van der Waals surface area (Å²) in [6, 6.07) is 15.2. The quantitative estimate of drug-likeness (QED) is 0.439. The molecule has 2 atom stereocenters. The Hall–Kier alpha value is -3.55. The molecule has 176 valence electrons. The van der Waals surface area contributed by atoms with E-state index >= 15 is 0 Å². The molecule has 1 saturated heterocycles. The third kappa shape index (κ3) is 6.71. The monoisotopic (exact) mass is 455 g/mol. The van der Waals surface area contributed by atoms with Crippen molar-refractivity contribution in [3.8, 4) is 5.75 Å². The molecule has 1 aliphatic rings. The first-order valence-corrected chi connectivity index (χ1v) is 11.0. The normalized spacial score (nSPS) is 17.7. The van der Waals surface area contributed by atoms with Crippen molar-refractivity contribution in [1.82, 2.24) is 4.90 Å². The summed E-state index contributed by atoms with van der Waals surface area (Å²) in [6.07, 6.45) is -0.177. The van der Waals surface area contributed by atoms with Crippen LogP contribution in [0.3, 0.4) is 0 Å². The maximum atomic E-state index is 12.9. The number of likely N-dealkylation sites (tertiary alicyclic amines) is 1. The number of hydrogen-bond donors (Lipinski definition) is 0. The van der Waals surface area contributed by atoms with Gasteiger partial charge in [0.1, 0.15) is 18.5 Å². The maximum Gasteiger partial charge on any atom is 0.410 e. The van der Waals surface area contributed by atoms with E-state index in [0.29, 0.717) is 30.7 Å². The van der Waals surface area contributed by atoms with Gasteiger partial charge in [0.05, 0.1) is 31.7 Å². The lowest BCUT2D eigenvalue weighted by molar-refractivity contribution is -0.146. The summed E-state index contributed by atoms with van der Waals surface area (Å²) in [5.74, 6) is -0.372.